The van der Waals surface area contributed by atoms with Gasteiger partial charge in [-0.1, -0.05) is 6.07 Å². The van der Waals surface area contributed by atoms with Crippen LogP contribution in [0.4, 0.5) is 5.95 Å². The summed E-state index contributed by atoms with van der Waals surface area (Å²) in [4.78, 5) is 29.1. The van der Waals surface area contributed by atoms with Crippen LogP contribution in [0.3, 0.4) is 0 Å². The summed E-state index contributed by atoms with van der Waals surface area (Å²) in [5, 5.41) is 4.07. The number of carbonyl (C=O) groups is 1. The number of amides is 1. The van der Waals surface area contributed by atoms with E-state index in [0.29, 0.717) is 19.0 Å². The van der Waals surface area contributed by atoms with Gasteiger partial charge in [0.15, 0.2) is 0 Å². The third-order valence-electron chi connectivity index (χ3n) is 3.84. The van der Waals surface area contributed by atoms with E-state index in [1.807, 2.05) is 42.6 Å². The number of hydrogen-bond donors (Lipinski definition) is 0. The van der Waals surface area contributed by atoms with Crippen molar-refractivity contribution < 1.29 is 4.79 Å². The Morgan fingerprint density at radius 1 is 1.11 bits per heavy atom. The van der Waals surface area contributed by atoms with Crippen LogP contribution in [0, 0.1) is 0 Å². The van der Waals surface area contributed by atoms with Gasteiger partial charge in [0.25, 0.3) is 0 Å². The SMILES string of the molecule is CN(C)c1ncc(/C=C/C(=O)N(Cc2cccnc2)Cc2ccsc2)cn1. The summed E-state index contributed by atoms with van der Waals surface area (Å²) in [6.45, 7) is 1.06. The van der Waals surface area contributed by atoms with Gasteiger partial charge in [-0.3, -0.25) is 9.78 Å². The fraction of sp³-hybridized carbons (Fsp3) is 0.200. The molecule has 0 unspecified atom stereocenters. The van der Waals surface area contributed by atoms with Gasteiger partial charge in [0.05, 0.1) is 0 Å². The molecule has 0 radical (unpaired) electrons. The van der Waals surface area contributed by atoms with Crippen LogP contribution in [0.1, 0.15) is 16.7 Å². The molecule has 7 heteroatoms. The molecule has 3 rings (SSSR count). The summed E-state index contributed by atoms with van der Waals surface area (Å²) in [7, 11) is 3.77. The monoisotopic (exact) mass is 379 g/mol. The predicted octanol–water partition coefficient (Wildman–Crippen LogP) is 3.24. The van der Waals surface area contributed by atoms with E-state index >= 15 is 0 Å². The van der Waals surface area contributed by atoms with Gasteiger partial charge in [0.2, 0.25) is 11.9 Å². The summed E-state index contributed by atoms with van der Waals surface area (Å²) in [6.07, 6.45) is 10.2. The van der Waals surface area contributed by atoms with Gasteiger partial charge in [0.1, 0.15) is 0 Å². The number of rotatable bonds is 7. The number of carbonyl (C=O) groups excluding carboxylic acids is 1. The fourth-order valence-corrected chi connectivity index (χ4v) is 3.11. The molecule has 0 saturated heterocycles. The van der Waals surface area contributed by atoms with Crippen molar-refractivity contribution in [1.82, 2.24) is 19.9 Å². The van der Waals surface area contributed by atoms with E-state index < -0.39 is 0 Å². The van der Waals surface area contributed by atoms with Gasteiger partial charge in [0, 0.05) is 63.6 Å². The minimum atomic E-state index is -0.0678. The third-order valence-corrected chi connectivity index (χ3v) is 4.57. The predicted molar refractivity (Wildman–Crippen MR) is 108 cm³/mol. The van der Waals surface area contributed by atoms with Crippen molar-refractivity contribution in [1.29, 1.82) is 0 Å². The van der Waals surface area contributed by atoms with Crippen molar-refractivity contribution in [3.05, 3.63) is 76.5 Å². The molecule has 27 heavy (non-hydrogen) atoms. The molecule has 138 valence electrons. The number of nitrogens with zero attached hydrogens (tertiary/aromatic N) is 5. The van der Waals surface area contributed by atoms with E-state index in [4.69, 9.17) is 0 Å². The van der Waals surface area contributed by atoms with Crippen LogP contribution in [0.15, 0.2) is 59.8 Å². The Morgan fingerprint density at radius 2 is 1.89 bits per heavy atom. The van der Waals surface area contributed by atoms with E-state index in [2.05, 4.69) is 20.3 Å². The van der Waals surface area contributed by atoms with E-state index in [0.717, 1.165) is 16.7 Å². The second kappa shape index (κ2) is 9.05. The highest BCUT2D eigenvalue weighted by atomic mass is 32.1. The molecule has 3 heterocycles. The van der Waals surface area contributed by atoms with Gasteiger partial charge < -0.3 is 9.80 Å². The van der Waals surface area contributed by atoms with Crippen LogP contribution in [0.5, 0.6) is 0 Å². The molecule has 0 saturated carbocycles. The maximum absolute atomic E-state index is 12.8. The highest BCUT2D eigenvalue weighted by Gasteiger charge is 2.13. The lowest BCUT2D eigenvalue weighted by atomic mass is 10.2. The zero-order chi connectivity index (χ0) is 19.1. The maximum Gasteiger partial charge on any atom is 0.247 e. The second-order valence-corrected chi connectivity index (χ2v) is 7.01. The fourth-order valence-electron chi connectivity index (χ4n) is 2.45. The van der Waals surface area contributed by atoms with E-state index in [1.165, 1.54) is 0 Å². The third kappa shape index (κ3) is 5.46. The van der Waals surface area contributed by atoms with Crippen LogP contribution in [0.25, 0.3) is 6.08 Å². The maximum atomic E-state index is 12.8. The molecule has 0 aliphatic heterocycles. The molecule has 0 bridgehead atoms. The highest BCUT2D eigenvalue weighted by molar-refractivity contribution is 7.07. The highest BCUT2D eigenvalue weighted by Crippen LogP contribution is 2.14. The largest absolute Gasteiger partial charge is 0.347 e. The van der Waals surface area contributed by atoms with Gasteiger partial charge in [-0.15, -0.1) is 0 Å². The zero-order valence-corrected chi connectivity index (χ0v) is 16.1. The Hall–Kier alpha value is -3.06. The van der Waals surface area contributed by atoms with Crippen LogP contribution < -0.4 is 4.90 Å². The van der Waals surface area contributed by atoms with Crippen molar-refractivity contribution >= 4 is 29.3 Å². The number of anilines is 1. The summed E-state index contributed by atoms with van der Waals surface area (Å²) < 4.78 is 0. The van der Waals surface area contributed by atoms with Crippen molar-refractivity contribution in [2.24, 2.45) is 0 Å². The molecule has 0 N–H and O–H groups in total. The quantitative estimate of drug-likeness (QED) is 0.590. The molecule has 0 fully saturated rings. The lowest BCUT2D eigenvalue weighted by molar-refractivity contribution is -0.127. The average molecular weight is 379 g/mol. The van der Waals surface area contributed by atoms with Crippen molar-refractivity contribution in [3.8, 4) is 0 Å². The van der Waals surface area contributed by atoms with Crippen molar-refractivity contribution in [3.63, 3.8) is 0 Å². The molecule has 0 aliphatic rings. The van der Waals surface area contributed by atoms with E-state index in [-0.39, 0.29) is 5.91 Å². The minimum absolute atomic E-state index is 0.0678. The Labute approximate surface area is 162 Å². The summed E-state index contributed by atoms with van der Waals surface area (Å²) in [5.74, 6) is 0.566. The Bertz CT molecular complexity index is 877. The van der Waals surface area contributed by atoms with E-state index in [1.54, 1.807) is 53.2 Å². The Kier molecular flexibility index (Phi) is 6.27. The molecular weight excluding hydrogens is 358 g/mol. The molecule has 6 nitrogen and oxygen atoms in total. The normalized spacial score (nSPS) is 10.9. The summed E-state index contributed by atoms with van der Waals surface area (Å²) in [6, 6.07) is 5.88. The summed E-state index contributed by atoms with van der Waals surface area (Å²) >= 11 is 1.62. The average Bonchev–Trinajstić information content (AvgIpc) is 3.20. The second-order valence-electron chi connectivity index (χ2n) is 6.23. The Balaban J connectivity index is 1.73. The van der Waals surface area contributed by atoms with Crippen molar-refractivity contribution in [2.75, 3.05) is 19.0 Å². The van der Waals surface area contributed by atoms with Gasteiger partial charge in [-0.25, -0.2) is 9.97 Å². The molecule has 0 atom stereocenters. The number of hydrogen-bond acceptors (Lipinski definition) is 6. The number of aromatic nitrogens is 3. The topological polar surface area (TPSA) is 62.2 Å². The van der Waals surface area contributed by atoms with Crippen LogP contribution in [0.2, 0.25) is 0 Å². The van der Waals surface area contributed by atoms with Crippen LogP contribution in [-0.4, -0.2) is 39.9 Å². The molecule has 0 aromatic carbocycles. The minimum Gasteiger partial charge on any atom is -0.347 e. The molecule has 1 amide bonds. The van der Waals surface area contributed by atoms with E-state index in [9.17, 15) is 4.79 Å². The summed E-state index contributed by atoms with van der Waals surface area (Å²) in [5.41, 5.74) is 2.89. The molecule has 3 aromatic rings. The first kappa shape index (κ1) is 18.7. The molecule has 3 aromatic heterocycles. The number of pyridine rings is 1. The lowest BCUT2D eigenvalue weighted by Gasteiger charge is -2.21. The molecule has 0 spiro atoms. The zero-order valence-electron chi connectivity index (χ0n) is 15.3. The molecular formula is C20H21N5OS. The van der Waals surface area contributed by atoms with Crippen LogP contribution >= 0.6 is 11.3 Å². The van der Waals surface area contributed by atoms with Crippen LogP contribution in [-0.2, 0) is 17.9 Å². The van der Waals surface area contributed by atoms with Crippen molar-refractivity contribution in [2.45, 2.75) is 13.1 Å². The van der Waals surface area contributed by atoms with Gasteiger partial charge in [-0.05, 0) is 40.1 Å². The standard InChI is InChI=1S/C20H21N5OS/c1-24(2)20-22-11-16(12-23-20)5-6-19(26)25(14-18-7-9-27-15-18)13-17-4-3-8-21-10-17/h3-12,15H,13-14H2,1-2H3/b6-5+. The van der Waals surface area contributed by atoms with Gasteiger partial charge in [-0.2, -0.15) is 11.3 Å². The first-order valence-corrected chi connectivity index (χ1v) is 9.42. The van der Waals surface area contributed by atoms with Gasteiger partial charge >= 0.3 is 0 Å². The molecule has 0 aliphatic carbocycles. The first-order valence-electron chi connectivity index (χ1n) is 8.48. The lowest BCUT2D eigenvalue weighted by Crippen LogP contribution is -2.28. The smallest absolute Gasteiger partial charge is 0.247 e. The Morgan fingerprint density at radius 3 is 2.52 bits per heavy atom. The first-order chi connectivity index (χ1) is 13.1. The number of thiophene rings is 1.